The second-order valence-corrected chi connectivity index (χ2v) is 1.73. The van der Waals surface area contributed by atoms with Crippen molar-refractivity contribution in [1.29, 1.82) is 0 Å². The van der Waals surface area contributed by atoms with Crippen molar-refractivity contribution in [3.63, 3.8) is 0 Å². The highest BCUT2D eigenvalue weighted by atomic mass is 35.5. The van der Waals surface area contributed by atoms with Crippen LogP contribution in [0, 0.1) is 0 Å². The molecule has 0 aromatic rings. The lowest BCUT2D eigenvalue weighted by molar-refractivity contribution is -0.0979. The van der Waals surface area contributed by atoms with Crippen molar-refractivity contribution in [2.24, 2.45) is 0 Å². The lowest BCUT2D eigenvalue weighted by Gasteiger charge is -2.11. The van der Waals surface area contributed by atoms with Crippen LogP contribution < -0.4 is 0 Å². The van der Waals surface area contributed by atoms with Gasteiger partial charge in [-0.15, -0.1) is 11.6 Å². The van der Waals surface area contributed by atoms with Crippen LogP contribution in [0.2, 0.25) is 0 Å². The van der Waals surface area contributed by atoms with E-state index in [-0.39, 0.29) is 5.88 Å². The summed E-state index contributed by atoms with van der Waals surface area (Å²) in [6, 6.07) is 0. The molecule has 0 fully saturated rings. The van der Waals surface area contributed by atoms with Crippen LogP contribution in [0.4, 0.5) is 4.79 Å². The molecule has 0 heterocycles. The smallest absolute Gasteiger partial charge is 0.450 e. The predicted octanol–water partition coefficient (Wildman–Crippen LogP) is 1.28. The molecule has 0 saturated carbocycles. The lowest BCUT2D eigenvalue weighted by atomic mass is 10.7. The van der Waals surface area contributed by atoms with Gasteiger partial charge in [0.05, 0.1) is 5.88 Å². The summed E-state index contributed by atoms with van der Waals surface area (Å²) in [4.78, 5) is 9.88. The normalized spacial score (nSPS) is 12.6. The lowest BCUT2D eigenvalue weighted by Crippen LogP contribution is -2.21. The van der Waals surface area contributed by atoms with Gasteiger partial charge in [0.25, 0.3) is 0 Å². The molecular weight excluding hydrogens is 160 g/mol. The molecule has 0 bridgehead atoms. The maximum Gasteiger partial charge on any atom is 0.508 e. The predicted molar refractivity (Wildman–Crippen MR) is 35.2 cm³/mol. The van der Waals surface area contributed by atoms with Gasteiger partial charge in [-0.1, -0.05) is 0 Å². The highest BCUT2D eigenvalue weighted by Gasteiger charge is 2.10. The Bertz CT molecular complexity index is 106. The third-order valence-electron chi connectivity index (χ3n) is 0.711. The zero-order valence-electron chi connectivity index (χ0n) is 5.54. The van der Waals surface area contributed by atoms with Crippen LogP contribution in [0.25, 0.3) is 0 Å². The van der Waals surface area contributed by atoms with E-state index in [1.807, 2.05) is 0 Å². The Balaban J connectivity index is 3.49. The maximum absolute atomic E-state index is 9.88. The fourth-order valence-corrected chi connectivity index (χ4v) is 0.560. The first-order chi connectivity index (χ1) is 4.70. The first-order valence-electron chi connectivity index (χ1n) is 2.77. The second-order valence-electron chi connectivity index (χ2n) is 1.42. The van der Waals surface area contributed by atoms with Crippen molar-refractivity contribution in [2.45, 2.75) is 13.2 Å². The molecule has 0 aliphatic carbocycles. The summed E-state index contributed by atoms with van der Waals surface area (Å²) in [6.07, 6.45) is -2.22. The topological polar surface area (TPSA) is 55.8 Å². The summed E-state index contributed by atoms with van der Waals surface area (Å²) < 4.78 is 8.97. The Labute approximate surface area is 63.7 Å². The zero-order chi connectivity index (χ0) is 7.98. The average Bonchev–Trinajstić information content (AvgIpc) is 1.86. The van der Waals surface area contributed by atoms with Gasteiger partial charge in [-0.2, -0.15) is 0 Å². The van der Waals surface area contributed by atoms with Crippen molar-refractivity contribution in [1.82, 2.24) is 0 Å². The van der Waals surface area contributed by atoms with Crippen molar-refractivity contribution in [3.05, 3.63) is 0 Å². The third kappa shape index (κ3) is 4.40. The summed E-state index contributed by atoms with van der Waals surface area (Å²) in [5, 5.41) is 8.08. The second kappa shape index (κ2) is 5.32. The molecule has 0 aliphatic rings. The van der Waals surface area contributed by atoms with Crippen LogP contribution in [0.15, 0.2) is 0 Å². The largest absolute Gasteiger partial charge is 0.508 e. The number of hydrogen-bond acceptors (Lipinski definition) is 3. The van der Waals surface area contributed by atoms with Gasteiger partial charge in [0.2, 0.25) is 6.29 Å². The minimum Gasteiger partial charge on any atom is -0.450 e. The molecule has 1 atom stereocenters. The van der Waals surface area contributed by atoms with E-state index in [0.29, 0.717) is 6.61 Å². The molecule has 0 aromatic heterocycles. The molecule has 1 N–H and O–H groups in total. The van der Waals surface area contributed by atoms with E-state index in [4.69, 9.17) is 21.4 Å². The number of rotatable bonds is 4. The molecule has 60 valence electrons. The van der Waals surface area contributed by atoms with E-state index >= 15 is 0 Å². The van der Waals surface area contributed by atoms with Crippen LogP contribution >= 0.6 is 11.6 Å². The summed E-state index contributed by atoms with van der Waals surface area (Å²) in [5.41, 5.74) is 0. The van der Waals surface area contributed by atoms with Crippen LogP contribution in [0.1, 0.15) is 6.92 Å². The molecule has 5 heteroatoms. The number of carboxylic acid groups (broad SMARTS) is 1. The van der Waals surface area contributed by atoms with Crippen LogP contribution in [0.3, 0.4) is 0 Å². The standard InChI is InChI=1S/C5H9ClO4/c1-2-9-4(3-6)10-5(7)8/h4H,2-3H2,1H3,(H,7,8). The van der Waals surface area contributed by atoms with Gasteiger partial charge >= 0.3 is 6.16 Å². The Morgan fingerprint density at radius 1 is 1.80 bits per heavy atom. The Morgan fingerprint density at radius 3 is 2.70 bits per heavy atom. The molecule has 1 unspecified atom stereocenters. The Hall–Kier alpha value is -0.480. The first kappa shape index (κ1) is 9.52. The molecule has 0 saturated heterocycles. The minimum absolute atomic E-state index is 0.0140. The van der Waals surface area contributed by atoms with E-state index in [2.05, 4.69) is 4.74 Å². The van der Waals surface area contributed by atoms with Crippen molar-refractivity contribution in [2.75, 3.05) is 12.5 Å². The SMILES string of the molecule is CCOC(CCl)OC(=O)O. The first-order valence-corrected chi connectivity index (χ1v) is 3.31. The van der Waals surface area contributed by atoms with Gasteiger partial charge in [-0.05, 0) is 6.92 Å². The number of ether oxygens (including phenoxy) is 2. The van der Waals surface area contributed by atoms with Crippen molar-refractivity contribution in [3.8, 4) is 0 Å². The van der Waals surface area contributed by atoms with Gasteiger partial charge in [-0.3, -0.25) is 0 Å². The van der Waals surface area contributed by atoms with Crippen LogP contribution in [0.5, 0.6) is 0 Å². The van der Waals surface area contributed by atoms with E-state index < -0.39 is 12.4 Å². The molecule has 0 radical (unpaired) electrons. The maximum atomic E-state index is 9.88. The molecule has 0 rings (SSSR count). The molecule has 0 aromatic carbocycles. The minimum atomic E-state index is -1.38. The van der Waals surface area contributed by atoms with E-state index in [0.717, 1.165) is 0 Å². The number of alkyl halides is 1. The summed E-state index contributed by atoms with van der Waals surface area (Å²) >= 11 is 5.28. The van der Waals surface area contributed by atoms with Gasteiger partial charge in [0.15, 0.2) is 0 Å². The van der Waals surface area contributed by atoms with Gasteiger partial charge < -0.3 is 14.6 Å². The van der Waals surface area contributed by atoms with E-state index in [1.54, 1.807) is 6.92 Å². The summed E-state index contributed by atoms with van der Waals surface area (Å²) in [6.45, 7) is 2.11. The van der Waals surface area contributed by atoms with Crippen LogP contribution in [-0.4, -0.2) is 30.0 Å². The molecule has 0 aliphatic heterocycles. The monoisotopic (exact) mass is 168 g/mol. The molecule has 4 nitrogen and oxygen atoms in total. The van der Waals surface area contributed by atoms with Crippen molar-refractivity contribution < 1.29 is 19.4 Å². The molecule has 0 amide bonds. The third-order valence-corrected chi connectivity index (χ3v) is 0.963. The zero-order valence-corrected chi connectivity index (χ0v) is 6.30. The molecular formula is C5H9ClO4. The van der Waals surface area contributed by atoms with Crippen molar-refractivity contribution >= 4 is 17.8 Å². The van der Waals surface area contributed by atoms with Gasteiger partial charge in [0, 0.05) is 6.61 Å². The Morgan fingerprint density at radius 2 is 2.40 bits per heavy atom. The highest BCUT2D eigenvalue weighted by Crippen LogP contribution is 1.97. The highest BCUT2D eigenvalue weighted by molar-refractivity contribution is 6.18. The van der Waals surface area contributed by atoms with E-state index in [9.17, 15) is 4.79 Å². The average molecular weight is 169 g/mol. The summed E-state index contributed by atoms with van der Waals surface area (Å²) in [5.74, 6) is 0.0140. The fraction of sp³-hybridized carbons (Fsp3) is 0.800. The quantitative estimate of drug-likeness (QED) is 0.390. The Kier molecular flexibility index (Phi) is 5.06. The van der Waals surface area contributed by atoms with Gasteiger partial charge in [0.1, 0.15) is 0 Å². The fourth-order valence-electron chi connectivity index (χ4n) is 0.408. The van der Waals surface area contributed by atoms with E-state index in [1.165, 1.54) is 0 Å². The molecule has 10 heavy (non-hydrogen) atoms. The number of hydrogen-bond donors (Lipinski definition) is 1. The van der Waals surface area contributed by atoms with Gasteiger partial charge in [-0.25, -0.2) is 4.79 Å². The summed E-state index contributed by atoms with van der Waals surface area (Å²) in [7, 11) is 0. The van der Waals surface area contributed by atoms with Crippen LogP contribution in [-0.2, 0) is 9.47 Å². The number of halogens is 1. The number of carbonyl (C=O) groups is 1. The molecule has 0 spiro atoms.